The Morgan fingerprint density at radius 3 is 2.33 bits per heavy atom. The van der Waals surface area contributed by atoms with E-state index in [1.165, 1.54) is 0 Å². The summed E-state index contributed by atoms with van der Waals surface area (Å²) in [5.41, 5.74) is 1.45. The molecule has 2 unspecified atom stereocenters. The number of hydrogen-bond donors (Lipinski definition) is 3. The number of benzene rings is 1. The van der Waals surface area contributed by atoms with Crippen LogP contribution in [0, 0.1) is 0 Å². The zero-order chi connectivity index (χ0) is 11.4. The molecule has 15 heavy (non-hydrogen) atoms. The molecule has 0 aliphatic heterocycles. The van der Waals surface area contributed by atoms with Gasteiger partial charge in [-0.3, -0.25) is 0 Å². The summed E-state index contributed by atoms with van der Waals surface area (Å²) in [7, 11) is 3.72. The predicted molar refractivity (Wildman–Crippen MR) is 58.8 cm³/mol. The van der Waals surface area contributed by atoms with Crippen molar-refractivity contribution in [3.63, 3.8) is 0 Å². The maximum absolute atomic E-state index is 9.78. The molecule has 0 aliphatic carbocycles. The third-order valence-electron chi connectivity index (χ3n) is 2.29. The normalized spacial score (nSPS) is 14.7. The summed E-state index contributed by atoms with van der Waals surface area (Å²) in [4.78, 5) is 1.85. The van der Waals surface area contributed by atoms with Crippen molar-refractivity contribution in [1.82, 2.24) is 0 Å². The molecule has 0 bridgehead atoms. The Morgan fingerprint density at radius 1 is 1.20 bits per heavy atom. The van der Waals surface area contributed by atoms with Crippen molar-refractivity contribution in [1.29, 1.82) is 0 Å². The third kappa shape index (κ3) is 2.68. The zero-order valence-corrected chi connectivity index (χ0v) is 8.96. The Balaban J connectivity index is 3.02. The van der Waals surface area contributed by atoms with E-state index in [9.17, 15) is 10.2 Å². The van der Waals surface area contributed by atoms with Gasteiger partial charge < -0.3 is 20.2 Å². The van der Waals surface area contributed by atoms with Gasteiger partial charge in [0.15, 0.2) is 0 Å². The minimum Gasteiger partial charge on any atom is -0.394 e. The molecule has 0 saturated heterocycles. The molecule has 4 nitrogen and oxygen atoms in total. The molecular weight excluding hydrogens is 194 g/mol. The van der Waals surface area contributed by atoms with E-state index in [4.69, 9.17) is 5.11 Å². The lowest BCUT2D eigenvalue weighted by atomic mass is 10.0. The van der Waals surface area contributed by atoms with Gasteiger partial charge in [-0.05, 0) is 6.07 Å². The van der Waals surface area contributed by atoms with Crippen LogP contribution < -0.4 is 4.90 Å². The molecule has 1 aromatic rings. The van der Waals surface area contributed by atoms with Crippen LogP contribution in [-0.2, 0) is 0 Å². The van der Waals surface area contributed by atoms with Gasteiger partial charge in [-0.1, -0.05) is 18.2 Å². The Hall–Kier alpha value is -1.10. The molecule has 1 rings (SSSR count). The van der Waals surface area contributed by atoms with Gasteiger partial charge in [-0.2, -0.15) is 0 Å². The van der Waals surface area contributed by atoms with Crippen molar-refractivity contribution in [2.24, 2.45) is 0 Å². The van der Waals surface area contributed by atoms with Crippen LogP contribution in [0.15, 0.2) is 24.3 Å². The molecule has 0 spiro atoms. The first-order chi connectivity index (χ1) is 7.07. The molecule has 2 atom stereocenters. The number of aliphatic hydroxyl groups is 3. The fourth-order valence-electron chi connectivity index (χ4n) is 1.45. The lowest BCUT2D eigenvalue weighted by Crippen LogP contribution is -2.24. The van der Waals surface area contributed by atoms with E-state index >= 15 is 0 Å². The van der Waals surface area contributed by atoms with Gasteiger partial charge in [0.1, 0.15) is 12.2 Å². The highest BCUT2D eigenvalue weighted by Crippen LogP contribution is 2.26. The molecule has 0 fully saturated rings. The summed E-state index contributed by atoms with van der Waals surface area (Å²) in [6, 6.07) is 7.23. The van der Waals surface area contributed by atoms with E-state index in [1.807, 2.05) is 31.1 Å². The SMILES string of the molecule is CN(C)c1ccccc1C(O)C(O)CO. The quantitative estimate of drug-likeness (QED) is 0.663. The number of hydrogen-bond acceptors (Lipinski definition) is 4. The molecule has 3 N–H and O–H groups in total. The summed E-state index contributed by atoms with van der Waals surface area (Å²) in [6.07, 6.45) is -2.21. The minimum atomic E-state index is -1.15. The van der Waals surface area contributed by atoms with Crippen molar-refractivity contribution < 1.29 is 15.3 Å². The van der Waals surface area contributed by atoms with E-state index in [-0.39, 0.29) is 0 Å². The van der Waals surface area contributed by atoms with Crippen LogP contribution in [0.3, 0.4) is 0 Å². The highest BCUT2D eigenvalue weighted by atomic mass is 16.4. The number of nitrogens with zero attached hydrogens (tertiary/aromatic N) is 1. The molecule has 4 heteroatoms. The summed E-state index contributed by atoms with van der Waals surface area (Å²) in [5, 5.41) is 27.9. The lowest BCUT2D eigenvalue weighted by molar-refractivity contribution is -0.0150. The molecular formula is C11H17NO3. The van der Waals surface area contributed by atoms with E-state index < -0.39 is 18.8 Å². The molecule has 0 saturated carbocycles. The minimum absolute atomic E-state index is 0.455. The molecule has 1 aromatic carbocycles. The second kappa shape index (κ2) is 5.11. The Morgan fingerprint density at radius 2 is 1.80 bits per heavy atom. The average Bonchev–Trinajstić information content (AvgIpc) is 2.27. The van der Waals surface area contributed by atoms with Crippen LogP contribution in [0.5, 0.6) is 0 Å². The maximum atomic E-state index is 9.78. The number of aliphatic hydroxyl groups excluding tert-OH is 3. The number of para-hydroxylation sites is 1. The van der Waals surface area contributed by atoms with Gasteiger partial charge in [0.05, 0.1) is 6.61 Å². The van der Waals surface area contributed by atoms with E-state index in [1.54, 1.807) is 12.1 Å². The second-order valence-corrected chi connectivity index (χ2v) is 3.65. The number of rotatable bonds is 4. The lowest BCUT2D eigenvalue weighted by Gasteiger charge is -2.23. The number of anilines is 1. The second-order valence-electron chi connectivity index (χ2n) is 3.65. The monoisotopic (exact) mass is 211 g/mol. The Bertz CT molecular complexity index is 314. The Kier molecular flexibility index (Phi) is 4.08. The molecule has 0 heterocycles. The molecule has 0 aliphatic rings. The smallest absolute Gasteiger partial charge is 0.109 e. The summed E-state index contributed by atoms with van der Waals surface area (Å²) < 4.78 is 0. The van der Waals surface area contributed by atoms with Gasteiger partial charge in [0, 0.05) is 25.3 Å². The van der Waals surface area contributed by atoms with Crippen LogP contribution in [0.1, 0.15) is 11.7 Å². The fourth-order valence-corrected chi connectivity index (χ4v) is 1.45. The first kappa shape index (κ1) is 12.0. The highest BCUT2D eigenvalue weighted by molar-refractivity contribution is 5.53. The van der Waals surface area contributed by atoms with Crippen molar-refractivity contribution in [2.75, 3.05) is 25.6 Å². The third-order valence-corrected chi connectivity index (χ3v) is 2.29. The first-order valence-corrected chi connectivity index (χ1v) is 4.81. The Labute approximate surface area is 89.4 Å². The fraction of sp³-hybridized carbons (Fsp3) is 0.455. The van der Waals surface area contributed by atoms with Crippen molar-refractivity contribution in [2.45, 2.75) is 12.2 Å². The van der Waals surface area contributed by atoms with Crippen molar-refractivity contribution in [3.8, 4) is 0 Å². The molecule has 0 amide bonds. The van der Waals surface area contributed by atoms with E-state index in [0.29, 0.717) is 5.56 Å². The summed E-state index contributed by atoms with van der Waals surface area (Å²) in [6.45, 7) is -0.455. The van der Waals surface area contributed by atoms with E-state index in [0.717, 1.165) is 5.69 Å². The van der Waals surface area contributed by atoms with Gasteiger partial charge in [0.25, 0.3) is 0 Å². The van der Waals surface area contributed by atoms with Crippen molar-refractivity contribution >= 4 is 5.69 Å². The van der Waals surface area contributed by atoms with Gasteiger partial charge in [-0.25, -0.2) is 0 Å². The largest absolute Gasteiger partial charge is 0.394 e. The van der Waals surface area contributed by atoms with Crippen LogP contribution >= 0.6 is 0 Å². The van der Waals surface area contributed by atoms with Crippen LogP contribution in [0.4, 0.5) is 5.69 Å². The van der Waals surface area contributed by atoms with Gasteiger partial charge in [0.2, 0.25) is 0 Å². The summed E-state index contributed by atoms with van der Waals surface area (Å²) in [5.74, 6) is 0. The first-order valence-electron chi connectivity index (χ1n) is 4.81. The zero-order valence-electron chi connectivity index (χ0n) is 8.96. The molecule has 0 aromatic heterocycles. The van der Waals surface area contributed by atoms with Crippen LogP contribution in [0.25, 0.3) is 0 Å². The molecule has 0 radical (unpaired) electrons. The van der Waals surface area contributed by atoms with E-state index in [2.05, 4.69) is 0 Å². The van der Waals surface area contributed by atoms with Crippen LogP contribution in [0.2, 0.25) is 0 Å². The molecule has 84 valence electrons. The topological polar surface area (TPSA) is 63.9 Å². The summed E-state index contributed by atoms with van der Waals surface area (Å²) >= 11 is 0. The van der Waals surface area contributed by atoms with Gasteiger partial charge >= 0.3 is 0 Å². The van der Waals surface area contributed by atoms with Crippen molar-refractivity contribution in [3.05, 3.63) is 29.8 Å². The average molecular weight is 211 g/mol. The maximum Gasteiger partial charge on any atom is 0.109 e. The standard InChI is InChI=1S/C11H17NO3/c1-12(2)9-6-4-3-5-8(9)11(15)10(14)7-13/h3-6,10-11,13-15H,7H2,1-2H3. The van der Waals surface area contributed by atoms with Crippen LogP contribution in [-0.4, -0.2) is 42.1 Å². The highest BCUT2D eigenvalue weighted by Gasteiger charge is 2.20. The van der Waals surface area contributed by atoms with Gasteiger partial charge in [-0.15, -0.1) is 0 Å². The predicted octanol–water partition coefficient (Wildman–Crippen LogP) is 0.139.